The van der Waals surface area contributed by atoms with Gasteiger partial charge in [0.15, 0.2) is 5.65 Å². The Kier molecular flexibility index (Phi) is 4.33. The number of aromatic nitrogens is 5. The molecule has 0 aromatic carbocycles. The van der Waals surface area contributed by atoms with E-state index < -0.39 is 0 Å². The minimum absolute atomic E-state index is 0.142. The van der Waals surface area contributed by atoms with Crippen LogP contribution < -0.4 is 22.3 Å². The quantitative estimate of drug-likeness (QED) is 0.494. The molecule has 3 rings (SSSR count). The Hall–Kier alpha value is -3.43. The van der Waals surface area contributed by atoms with Crippen LogP contribution in [0.15, 0.2) is 23.1 Å². The van der Waals surface area contributed by atoms with E-state index >= 15 is 0 Å². The molecule has 1 amide bonds. The molecule has 0 fully saturated rings. The number of hydrogen-bond acceptors (Lipinski definition) is 7. The third-order valence-electron chi connectivity index (χ3n) is 3.65. The van der Waals surface area contributed by atoms with E-state index in [4.69, 9.17) is 11.5 Å². The van der Waals surface area contributed by atoms with Gasteiger partial charge in [-0.2, -0.15) is 0 Å². The number of aryl methyl sites for hydroxylation is 1. The highest BCUT2D eigenvalue weighted by Crippen LogP contribution is 2.16. The summed E-state index contributed by atoms with van der Waals surface area (Å²) in [5.74, 6) is 0.613. The standard InChI is InChI=1S/C15H18N8O2/c1-2-23-13-9(20-15(23)17)5-8(7-19-13)14(25)18-4-3-11-21-10(16)6-12(24)22-11/h5-7H,2-4H2,1H3,(H2,17,20)(H,18,25)(H3,16,21,22,24). The maximum absolute atomic E-state index is 12.2. The van der Waals surface area contributed by atoms with Crippen molar-refractivity contribution < 1.29 is 4.79 Å². The molecule has 3 aromatic rings. The van der Waals surface area contributed by atoms with Crippen LogP contribution in [-0.2, 0) is 13.0 Å². The molecule has 10 heteroatoms. The lowest BCUT2D eigenvalue weighted by molar-refractivity contribution is 0.0954. The number of fused-ring (bicyclic) bond motifs is 1. The van der Waals surface area contributed by atoms with Crippen molar-refractivity contribution in [3.63, 3.8) is 0 Å². The van der Waals surface area contributed by atoms with E-state index in [-0.39, 0.29) is 23.8 Å². The number of nitrogens with zero attached hydrogens (tertiary/aromatic N) is 4. The van der Waals surface area contributed by atoms with Crippen molar-refractivity contribution >= 4 is 28.8 Å². The molecule has 25 heavy (non-hydrogen) atoms. The number of rotatable bonds is 5. The fourth-order valence-corrected chi connectivity index (χ4v) is 2.51. The zero-order chi connectivity index (χ0) is 18.0. The minimum atomic E-state index is -0.326. The maximum atomic E-state index is 12.2. The number of carbonyl (C=O) groups excluding carboxylic acids is 1. The number of carbonyl (C=O) groups is 1. The number of nitrogens with one attached hydrogen (secondary N) is 2. The number of imidazole rings is 1. The molecule has 0 spiro atoms. The van der Waals surface area contributed by atoms with Crippen LogP contribution in [0.1, 0.15) is 23.1 Å². The second-order valence-electron chi connectivity index (χ2n) is 5.40. The van der Waals surface area contributed by atoms with Gasteiger partial charge in [-0.15, -0.1) is 0 Å². The summed E-state index contributed by atoms with van der Waals surface area (Å²) in [5.41, 5.74) is 12.6. The van der Waals surface area contributed by atoms with Gasteiger partial charge in [-0.3, -0.25) is 14.2 Å². The van der Waals surface area contributed by atoms with Gasteiger partial charge >= 0.3 is 0 Å². The van der Waals surface area contributed by atoms with Gasteiger partial charge in [0, 0.05) is 31.8 Å². The van der Waals surface area contributed by atoms with Crippen molar-refractivity contribution in [2.75, 3.05) is 18.0 Å². The van der Waals surface area contributed by atoms with Gasteiger partial charge < -0.3 is 21.8 Å². The lowest BCUT2D eigenvalue weighted by atomic mass is 10.2. The largest absolute Gasteiger partial charge is 0.383 e. The van der Waals surface area contributed by atoms with E-state index in [0.717, 1.165) is 0 Å². The summed E-state index contributed by atoms with van der Waals surface area (Å²) in [4.78, 5) is 38.6. The van der Waals surface area contributed by atoms with Crippen molar-refractivity contribution in [2.24, 2.45) is 0 Å². The van der Waals surface area contributed by atoms with Crippen molar-refractivity contribution in [3.8, 4) is 0 Å². The second kappa shape index (κ2) is 6.59. The monoisotopic (exact) mass is 342 g/mol. The van der Waals surface area contributed by atoms with Crippen LogP contribution in [0.4, 0.5) is 11.8 Å². The summed E-state index contributed by atoms with van der Waals surface area (Å²) >= 11 is 0. The molecule has 0 aliphatic heterocycles. The molecule has 3 aromatic heterocycles. The van der Waals surface area contributed by atoms with Crippen molar-refractivity contribution in [1.82, 2.24) is 29.8 Å². The predicted octanol–water partition coefficient (Wildman–Crippen LogP) is -0.329. The third kappa shape index (κ3) is 3.42. The Labute approximate surface area is 142 Å². The second-order valence-corrected chi connectivity index (χ2v) is 5.40. The van der Waals surface area contributed by atoms with Crippen LogP contribution in [0.5, 0.6) is 0 Å². The number of anilines is 2. The summed E-state index contributed by atoms with van der Waals surface area (Å²) in [6, 6.07) is 2.84. The number of amides is 1. The molecule has 0 radical (unpaired) electrons. The molecule has 3 heterocycles. The fourth-order valence-electron chi connectivity index (χ4n) is 2.51. The molecule has 0 aliphatic rings. The van der Waals surface area contributed by atoms with Crippen LogP contribution in [0.2, 0.25) is 0 Å². The average Bonchev–Trinajstić information content (AvgIpc) is 2.87. The van der Waals surface area contributed by atoms with E-state index in [0.29, 0.717) is 41.5 Å². The first-order chi connectivity index (χ1) is 12.0. The number of pyridine rings is 1. The molecule has 0 unspecified atom stereocenters. The summed E-state index contributed by atoms with van der Waals surface area (Å²) in [7, 11) is 0. The Morgan fingerprint density at radius 1 is 1.32 bits per heavy atom. The lowest BCUT2D eigenvalue weighted by Crippen LogP contribution is -2.27. The highest BCUT2D eigenvalue weighted by atomic mass is 16.1. The number of aromatic amines is 1. The molecular weight excluding hydrogens is 324 g/mol. The zero-order valence-corrected chi connectivity index (χ0v) is 13.6. The van der Waals surface area contributed by atoms with E-state index in [9.17, 15) is 9.59 Å². The van der Waals surface area contributed by atoms with Gasteiger partial charge in [-0.25, -0.2) is 15.0 Å². The molecule has 0 bridgehead atoms. The first-order valence-corrected chi connectivity index (χ1v) is 7.73. The van der Waals surface area contributed by atoms with Gasteiger partial charge in [0.2, 0.25) is 5.95 Å². The van der Waals surface area contributed by atoms with Crippen LogP contribution >= 0.6 is 0 Å². The van der Waals surface area contributed by atoms with E-state index in [1.165, 1.54) is 12.3 Å². The minimum Gasteiger partial charge on any atom is -0.383 e. The average molecular weight is 342 g/mol. The van der Waals surface area contributed by atoms with Crippen LogP contribution in [-0.4, -0.2) is 37.0 Å². The fraction of sp³-hybridized carbons (Fsp3) is 0.267. The molecule has 0 aliphatic carbocycles. The highest BCUT2D eigenvalue weighted by Gasteiger charge is 2.12. The third-order valence-corrected chi connectivity index (χ3v) is 3.65. The van der Waals surface area contributed by atoms with Crippen LogP contribution in [0, 0.1) is 0 Å². The molecule has 0 saturated carbocycles. The normalized spacial score (nSPS) is 10.9. The van der Waals surface area contributed by atoms with Crippen LogP contribution in [0.3, 0.4) is 0 Å². The number of nitrogen functional groups attached to an aromatic ring is 2. The maximum Gasteiger partial charge on any atom is 0.252 e. The lowest BCUT2D eigenvalue weighted by Gasteiger charge is -2.05. The summed E-state index contributed by atoms with van der Waals surface area (Å²) < 4.78 is 1.76. The molecular formula is C15H18N8O2. The topological polar surface area (TPSA) is 158 Å². The van der Waals surface area contributed by atoms with Gasteiger partial charge in [0.1, 0.15) is 17.2 Å². The number of H-pyrrole nitrogens is 1. The van der Waals surface area contributed by atoms with E-state index in [1.807, 2.05) is 6.92 Å². The first kappa shape index (κ1) is 16.4. The predicted molar refractivity (Wildman–Crippen MR) is 92.9 cm³/mol. The van der Waals surface area contributed by atoms with Crippen molar-refractivity contribution in [3.05, 3.63) is 40.1 Å². The van der Waals surface area contributed by atoms with Crippen molar-refractivity contribution in [2.45, 2.75) is 19.9 Å². The molecule has 0 saturated heterocycles. The highest BCUT2D eigenvalue weighted by molar-refractivity contribution is 5.96. The Morgan fingerprint density at radius 2 is 2.12 bits per heavy atom. The Balaban J connectivity index is 1.68. The molecule has 10 nitrogen and oxygen atoms in total. The smallest absolute Gasteiger partial charge is 0.252 e. The number of nitrogens with two attached hydrogens (primary N) is 2. The molecule has 130 valence electrons. The van der Waals surface area contributed by atoms with Crippen molar-refractivity contribution in [1.29, 1.82) is 0 Å². The summed E-state index contributed by atoms with van der Waals surface area (Å²) in [6.45, 7) is 2.87. The van der Waals surface area contributed by atoms with Crippen LogP contribution in [0.25, 0.3) is 11.2 Å². The molecule has 0 atom stereocenters. The van der Waals surface area contributed by atoms with Gasteiger partial charge in [0.05, 0.1) is 5.56 Å². The summed E-state index contributed by atoms with van der Waals surface area (Å²) in [5, 5.41) is 2.74. The zero-order valence-electron chi connectivity index (χ0n) is 13.6. The van der Waals surface area contributed by atoms with E-state index in [1.54, 1.807) is 10.6 Å². The van der Waals surface area contributed by atoms with Gasteiger partial charge in [-0.1, -0.05) is 0 Å². The van der Waals surface area contributed by atoms with Gasteiger partial charge in [0.25, 0.3) is 11.5 Å². The summed E-state index contributed by atoms with van der Waals surface area (Å²) in [6.07, 6.45) is 1.82. The Bertz CT molecular complexity index is 991. The van der Waals surface area contributed by atoms with Gasteiger partial charge in [-0.05, 0) is 13.0 Å². The van der Waals surface area contributed by atoms with E-state index in [2.05, 4.69) is 25.3 Å². The first-order valence-electron chi connectivity index (χ1n) is 7.73. The number of hydrogen-bond donors (Lipinski definition) is 4. The SMILES string of the molecule is CCn1c(N)nc2cc(C(=O)NCCc3nc(N)cc(=O)[nH]3)cnc21. The molecule has 6 N–H and O–H groups in total. The Morgan fingerprint density at radius 3 is 2.84 bits per heavy atom.